The van der Waals surface area contributed by atoms with Crippen LogP contribution in [0.5, 0.6) is 0 Å². The Hall–Kier alpha value is -1.22. The van der Waals surface area contributed by atoms with Crippen LogP contribution in [0.4, 0.5) is 4.48 Å². The molecule has 0 amide bonds. The normalized spacial score (nSPS) is 22.6. The highest BCUT2D eigenvalue weighted by Gasteiger charge is 2.26. The van der Waals surface area contributed by atoms with E-state index in [2.05, 4.69) is 0 Å². The molecule has 0 radical (unpaired) electrons. The number of rotatable bonds is 2. The van der Waals surface area contributed by atoms with E-state index >= 15 is 0 Å². The summed E-state index contributed by atoms with van der Waals surface area (Å²) in [5, 5.41) is 0.745. The molecule has 1 atom stereocenters. The summed E-state index contributed by atoms with van der Waals surface area (Å²) < 4.78 is 13.0. The SMILES string of the molecule is O=C(c1ccccc1)C1CCCN(F)C1. The number of benzene rings is 1. The highest BCUT2D eigenvalue weighted by Crippen LogP contribution is 2.20. The Bertz CT molecular complexity index is 339. The fourth-order valence-electron chi connectivity index (χ4n) is 1.98. The first-order valence-corrected chi connectivity index (χ1v) is 5.27. The van der Waals surface area contributed by atoms with Gasteiger partial charge in [-0.15, -0.1) is 9.60 Å². The number of carbonyl (C=O) groups excluding carboxylic acids is 1. The van der Waals surface area contributed by atoms with E-state index in [0.717, 1.165) is 18.0 Å². The van der Waals surface area contributed by atoms with E-state index in [1.54, 1.807) is 12.1 Å². The first kappa shape index (κ1) is 10.3. The molecule has 0 bridgehead atoms. The third-order valence-corrected chi connectivity index (χ3v) is 2.80. The standard InChI is InChI=1S/C12H14FNO/c13-14-8-4-7-11(9-14)12(15)10-5-2-1-3-6-10/h1-3,5-6,11H,4,7-9H2. The molecule has 2 nitrogen and oxygen atoms in total. The van der Waals surface area contributed by atoms with Gasteiger partial charge in [-0.05, 0) is 12.8 Å². The molecule has 1 aromatic rings. The van der Waals surface area contributed by atoms with Gasteiger partial charge in [-0.3, -0.25) is 4.79 Å². The zero-order valence-corrected chi connectivity index (χ0v) is 8.53. The van der Waals surface area contributed by atoms with E-state index in [1.807, 2.05) is 18.2 Å². The topological polar surface area (TPSA) is 20.3 Å². The number of piperidine rings is 1. The first-order chi connectivity index (χ1) is 7.27. The maximum atomic E-state index is 13.0. The smallest absolute Gasteiger partial charge is 0.167 e. The molecule has 1 aliphatic rings. The number of Topliss-reactive ketones (excluding diaryl/α,β-unsaturated/α-hetero) is 1. The van der Waals surface area contributed by atoms with Crippen molar-refractivity contribution in [3.05, 3.63) is 35.9 Å². The number of carbonyl (C=O) groups is 1. The van der Waals surface area contributed by atoms with Gasteiger partial charge in [-0.1, -0.05) is 30.3 Å². The summed E-state index contributed by atoms with van der Waals surface area (Å²) >= 11 is 0. The average Bonchev–Trinajstić information content (AvgIpc) is 2.29. The number of hydrogen-bond donors (Lipinski definition) is 0. The number of nitrogens with zero attached hydrogens (tertiary/aromatic N) is 1. The van der Waals surface area contributed by atoms with Crippen molar-refractivity contribution in [1.82, 2.24) is 5.12 Å². The molecule has 0 aromatic heterocycles. The average molecular weight is 207 g/mol. The Morgan fingerprint density at radius 3 is 2.73 bits per heavy atom. The Kier molecular flexibility index (Phi) is 3.11. The Morgan fingerprint density at radius 1 is 1.33 bits per heavy atom. The molecule has 15 heavy (non-hydrogen) atoms. The van der Waals surface area contributed by atoms with Crippen molar-refractivity contribution in [1.29, 1.82) is 0 Å². The van der Waals surface area contributed by atoms with E-state index in [-0.39, 0.29) is 18.2 Å². The molecule has 0 aliphatic carbocycles. The summed E-state index contributed by atoms with van der Waals surface area (Å²) in [5.74, 6) is -0.107. The Balaban J connectivity index is 2.08. The van der Waals surface area contributed by atoms with Gasteiger partial charge in [0.2, 0.25) is 0 Å². The second-order valence-corrected chi connectivity index (χ2v) is 3.94. The van der Waals surface area contributed by atoms with E-state index < -0.39 is 0 Å². The molecule has 1 saturated heterocycles. The fraction of sp³-hybridized carbons (Fsp3) is 0.417. The molecule has 80 valence electrons. The minimum Gasteiger partial charge on any atom is -0.294 e. The predicted molar refractivity (Wildman–Crippen MR) is 56.2 cm³/mol. The summed E-state index contributed by atoms with van der Waals surface area (Å²) in [6.45, 7) is 0.701. The molecule has 0 saturated carbocycles. The number of hydrogen-bond acceptors (Lipinski definition) is 2. The third kappa shape index (κ3) is 2.42. The highest BCUT2D eigenvalue weighted by atomic mass is 19.2. The summed E-state index contributed by atoms with van der Waals surface area (Å²) in [6, 6.07) is 9.13. The molecule has 3 heteroatoms. The molecule has 0 N–H and O–H groups in total. The lowest BCUT2D eigenvalue weighted by Crippen LogP contribution is -2.33. The lowest BCUT2D eigenvalue weighted by Gasteiger charge is -2.25. The molecular weight excluding hydrogens is 193 g/mol. The Labute approximate surface area is 88.6 Å². The zero-order valence-electron chi connectivity index (χ0n) is 8.53. The van der Waals surface area contributed by atoms with Gasteiger partial charge in [0.15, 0.2) is 5.78 Å². The fourth-order valence-corrected chi connectivity index (χ4v) is 1.98. The minimum absolute atomic E-state index is 0.0675. The highest BCUT2D eigenvalue weighted by molar-refractivity contribution is 5.97. The molecule has 1 aliphatic heterocycles. The van der Waals surface area contributed by atoms with Crippen molar-refractivity contribution in [2.45, 2.75) is 12.8 Å². The largest absolute Gasteiger partial charge is 0.294 e. The van der Waals surface area contributed by atoms with Crippen LogP contribution < -0.4 is 0 Å². The second-order valence-electron chi connectivity index (χ2n) is 3.94. The van der Waals surface area contributed by atoms with Crippen molar-refractivity contribution in [2.75, 3.05) is 13.1 Å². The number of ketones is 1. The van der Waals surface area contributed by atoms with Crippen LogP contribution in [0, 0.1) is 5.92 Å². The second kappa shape index (κ2) is 4.53. The predicted octanol–water partition coefficient (Wildman–Crippen LogP) is 2.47. The number of halogens is 1. The van der Waals surface area contributed by atoms with Crippen LogP contribution in [0.1, 0.15) is 23.2 Å². The quantitative estimate of drug-likeness (QED) is 0.548. The lowest BCUT2D eigenvalue weighted by atomic mass is 9.91. The Morgan fingerprint density at radius 2 is 2.07 bits per heavy atom. The maximum absolute atomic E-state index is 13.0. The van der Waals surface area contributed by atoms with E-state index in [9.17, 15) is 9.28 Å². The van der Waals surface area contributed by atoms with Gasteiger partial charge >= 0.3 is 0 Å². The van der Waals surface area contributed by atoms with Gasteiger partial charge < -0.3 is 0 Å². The van der Waals surface area contributed by atoms with Crippen LogP contribution in [0.3, 0.4) is 0 Å². The first-order valence-electron chi connectivity index (χ1n) is 5.27. The molecule has 1 heterocycles. The van der Waals surface area contributed by atoms with Crippen LogP contribution in [-0.2, 0) is 0 Å². The van der Waals surface area contributed by atoms with Gasteiger partial charge in [0.1, 0.15) is 0 Å². The summed E-state index contributed by atoms with van der Waals surface area (Å²) in [5.41, 5.74) is 0.692. The molecule has 1 aromatic carbocycles. The zero-order chi connectivity index (χ0) is 10.7. The molecule has 2 rings (SSSR count). The monoisotopic (exact) mass is 207 g/mol. The van der Waals surface area contributed by atoms with Gasteiger partial charge in [-0.2, -0.15) is 0 Å². The van der Waals surface area contributed by atoms with Gasteiger partial charge in [-0.25, -0.2) is 0 Å². The third-order valence-electron chi connectivity index (χ3n) is 2.80. The van der Waals surface area contributed by atoms with E-state index in [0.29, 0.717) is 12.1 Å². The lowest BCUT2D eigenvalue weighted by molar-refractivity contribution is -0.0123. The molecule has 1 unspecified atom stereocenters. The molecule has 0 spiro atoms. The summed E-state index contributed by atoms with van der Waals surface area (Å²) in [4.78, 5) is 12.0. The van der Waals surface area contributed by atoms with Gasteiger partial charge in [0, 0.05) is 24.6 Å². The van der Waals surface area contributed by atoms with Crippen LogP contribution in [0.15, 0.2) is 30.3 Å². The van der Waals surface area contributed by atoms with Gasteiger partial charge in [0.25, 0.3) is 0 Å². The van der Waals surface area contributed by atoms with Crippen LogP contribution in [0.25, 0.3) is 0 Å². The summed E-state index contributed by atoms with van der Waals surface area (Å²) in [7, 11) is 0. The van der Waals surface area contributed by atoms with Crippen LogP contribution in [0.2, 0.25) is 0 Å². The minimum atomic E-state index is -0.175. The van der Waals surface area contributed by atoms with Crippen LogP contribution in [-0.4, -0.2) is 24.0 Å². The van der Waals surface area contributed by atoms with Crippen molar-refractivity contribution in [3.63, 3.8) is 0 Å². The van der Waals surface area contributed by atoms with Crippen molar-refractivity contribution < 1.29 is 9.28 Å². The van der Waals surface area contributed by atoms with Crippen molar-refractivity contribution in [3.8, 4) is 0 Å². The maximum Gasteiger partial charge on any atom is 0.167 e. The van der Waals surface area contributed by atoms with Crippen molar-refractivity contribution in [2.24, 2.45) is 5.92 Å². The van der Waals surface area contributed by atoms with Crippen LogP contribution >= 0.6 is 0 Å². The molecular formula is C12H14FNO. The molecule has 1 fully saturated rings. The van der Waals surface area contributed by atoms with Crippen molar-refractivity contribution >= 4 is 5.78 Å². The van der Waals surface area contributed by atoms with Gasteiger partial charge in [0.05, 0.1) is 0 Å². The van der Waals surface area contributed by atoms with E-state index in [4.69, 9.17) is 0 Å². The summed E-state index contributed by atoms with van der Waals surface area (Å²) in [6.07, 6.45) is 1.56. The van der Waals surface area contributed by atoms with E-state index in [1.165, 1.54) is 0 Å².